The van der Waals surface area contributed by atoms with E-state index < -0.39 is 5.60 Å². The van der Waals surface area contributed by atoms with Gasteiger partial charge in [-0.2, -0.15) is 0 Å². The first-order chi connectivity index (χ1) is 10.9. The van der Waals surface area contributed by atoms with Gasteiger partial charge in [-0.15, -0.1) is 0 Å². The Hall–Kier alpha value is -2.43. The van der Waals surface area contributed by atoms with Crippen molar-refractivity contribution in [3.8, 4) is 11.3 Å². The first-order valence-corrected chi connectivity index (χ1v) is 7.78. The fraction of sp³-hybridized carbons (Fsp3) is 0.389. The summed E-state index contributed by atoms with van der Waals surface area (Å²) in [6, 6.07) is 10.0. The lowest BCUT2D eigenvalue weighted by Gasteiger charge is -2.39. The van der Waals surface area contributed by atoms with Crippen LogP contribution in [-0.2, 0) is 4.74 Å². The molecule has 1 fully saturated rings. The van der Waals surface area contributed by atoms with E-state index in [0.717, 1.165) is 17.0 Å². The van der Waals surface area contributed by atoms with E-state index in [9.17, 15) is 4.79 Å². The highest BCUT2D eigenvalue weighted by Crippen LogP contribution is 2.32. The SMILES string of the molecule is CC(C)(C)OC(=O)N1CC(c2nccnc2-c2ccccc2)C1. The van der Waals surface area contributed by atoms with Gasteiger partial charge in [0.25, 0.3) is 0 Å². The predicted octanol–water partition coefficient (Wildman–Crippen LogP) is 3.48. The van der Waals surface area contributed by atoms with Crippen LogP contribution in [0, 0.1) is 0 Å². The maximum absolute atomic E-state index is 12.0. The Labute approximate surface area is 136 Å². The molecular formula is C18H21N3O2. The Morgan fingerprint density at radius 3 is 2.43 bits per heavy atom. The minimum absolute atomic E-state index is 0.200. The number of amides is 1. The van der Waals surface area contributed by atoms with Crippen LogP contribution in [0.25, 0.3) is 11.3 Å². The van der Waals surface area contributed by atoms with Crippen LogP contribution in [0.15, 0.2) is 42.7 Å². The number of carbonyl (C=O) groups is 1. The molecule has 0 saturated carbocycles. The molecule has 1 aliphatic rings. The quantitative estimate of drug-likeness (QED) is 0.852. The number of nitrogens with zero attached hydrogens (tertiary/aromatic N) is 3. The van der Waals surface area contributed by atoms with Crippen LogP contribution in [-0.4, -0.2) is 39.7 Å². The lowest BCUT2D eigenvalue weighted by molar-refractivity contribution is 0.00789. The van der Waals surface area contributed by atoms with Gasteiger partial charge >= 0.3 is 6.09 Å². The molecule has 1 saturated heterocycles. The van der Waals surface area contributed by atoms with Crippen molar-refractivity contribution in [3.05, 3.63) is 48.4 Å². The number of benzene rings is 1. The van der Waals surface area contributed by atoms with Gasteiger partial charge in [0.15, 0.2) is 0 Å². The summed E-state index contributed by atoms with van der Waals surface area (Å²) in [4.78, 5) is 22.7. The van der Waals surface area contributed by atoms with Crippen LogP contribution >= 0.6 is 0 Å². The molecule has 2 heterocycles. The van der Waals surface area contributed by atoms with E-state index in [1.54, 1.807) is 17.3 Å². The summed E-state index contributed by atoms with van der Waals surface area (Å²) < 4.78 is 5.39. The fourth-order valence-electron chi connectivity index (χ4n) is 2.59. The standard InChI is InChI=1S/C18H21N3O2/c1-18(2,3)23-17(22)21-11-14(12-21)16-15(19-9-10-20-16)13-7-5-4-6-8-13/h4-10,14H,11-12H2,1-3H3. The number of likely N-dealkylation sites (tertiary alicyclic amines) is 1. The van der Waals surface area contributed by atoms with Gasteiger partial charge < -0.3 is 9.64 Å². The molecule has 0 radical (unpaired) electrons. The Bertz CT molecular complexity index is 689. The summed E-state index contributed by atoms with van der Waals surface area (Å²) in [6.07, 6.45) is 3.15. The van der Waals surface area contributed by atoms with Gasteiger partial charge in [-0.1, -0.05) is 30.3 Å². The van der Waals surface area contributed by atoms with E-state index in [1.807, 2.05) is 51.1 Å². The smallest absolute Gasteiger partial charge is 0.410 e. The highest BCUT2D eigenvalue weighted by molar-refractivity contribution is 5.70. The molecule has 2 aromatic rings. The zero-order valence-electron chi connectivity index (χ0n) is 13.7. The molecule has 1 aliphatic heterocycles. The molecule has 1 aromatic carbocycles. The largest absolute Gasteiger partial charge is 0.444 e. The van der Waals surface area contributed by atoms with Crippen LogP contribution in [0.5, 0.6) is 0 Å². The average Bonchev–Trinajstić information content (AvgIpc) is 2.45. The van der Waals surface area contributed by atoms with Gasteiger partial charge in [-0.05, 0) is 20.8 Å². The molecule has 0 atom stereocenters. The lowest BCUT2D eigenvalue weighted by atomic mass is 9.93. The third kappa shape index (κ3) is 3.50. The molecule has 23 heavy (non-hydrogen) atoms. The summed E-state index contributed by atoms with van der Waals surface area (Å²) in [6.45, 7) is 6.86. The molecule has 0 aliphatic carbocycles. The highest BCUT2D eigenvalue weighted by Gasteiger charge is 2.36. The summed E-state index contributed by atoms with van der Waals surface area (Å²) in [7, 11) is 0. The van der Waals surface area contributed by atoms with Crippen LogP contribution in [0.4, 0.5) is 4.79 Å². The Morgan fingerprint density at radius 1 is 1.13 bits per heavy atom. The molecular weight excluding hydrogens is 290 g/mol. The molecule has 1 aromatic heterocycles. The van der Waals surface area contributed by atoms with Crippen molar-refractivity contribution in [2.24, 2.45) is 0 Å². The molecule has 3 rings (SSSR count). The van der Waals surface area contributed by atoms with Crippen molar-refractivity contribution in [2.45, 2.75) is 32.3 Å². The Balaban J connectivity index is 1.73. The first-order valence-electron chi connectivity index (χ1n) is 7.78. The molecule has 1 amide bonds. The van der Waals surface area contributed by atoms with Crippen LogP contribution in [0.1, 0.15) is 32.4 Å². The van der Waals surface area contributed by atoms with Crippen molar-refractivity contribution in [1.29, 1.82) is 0 Å². The second-order valence-electron chi connectivity index (χ2n) is 6.74. The zero-order valence-corrected chi connectivity index (χ0v) is 13.7. The molecule has 5 heteroatoms. The fourth-order valence-corrected chi connectivity index (χ4v) is 2.59. The van der Waals surface area contributed by atoms with Gasteiger partial charge in [-0.25, -0.2) is 4.79 Å². The zero-order chi connectivity index (χ0) is 16.4. The average molecular weight is 311 g/mol. The second kappa shape index (κ2) is 5.99. The Morgan fingerprint density at radius 2 is 1.78 bits per heavy atom. The van der Waals surface area contributed by atoms with E-state index in [4.69, 9.17) is 4.74 Å². The van der Waals surface area contributed by atoms with Crippen molar-refractivity contribution in [2.75, 3.05) is 13.1 Å². The molecule has 5 nitrogen and oxygen atoms in total. The van der Waals surface area contributed by atoms with E-state index >= 15 is 0 Å². The molecule has 0 spiro atoms. The maximum Gasteiger partial charge on any atom is 0.410 e. The molecule has 0 N–H and O–H groups in total. The van der Waals surface area contributed by atoms with Gasteiger partial charge in [0, 0.05) is 37.0 Å². The minimum atomic E-state index is -0.468. The van der Waals surface area contributed by atoms with Crippen LogP contribution in [0.2, 0.25) is 0 Å². The van der Waals surface area contributed by atoms with Gasteiger partial charge in [0.05, 0.1) is 11.4 Å². The lowest BCUT2D eigenvalue weighted by Crippen LogP contribution is -2.50. The van der Waals surface area contributed by atoms with Gasteiger partial charge in [0.1, 0.15) is 5.60 Å². The topological polar surface area (TPSA) is 55.3 Å². The predicted molar refractivity (Wildman–Crippen MR) is 88.0 cm³/mol. The normalized spacial score (nSPS) is 15.2. The summed E-state index contributed by atoms with van der Waals surface area (Å²) in [5, 5.41) is 0. The van der Waals surface area contributed by atoms with Crippen molar-refractivity contribution < 1.29 is 9.53 Å². The minimum Gasteiger partial charge on any atom is -0.444 e. The second-order valence-corrected chi connectivity index (χ2v) is 6.74. The van der Waals surface area contributed by atoms with Gasteiger partial charge in [-0.3, -0.25) is 9.97 Å². The number of ether oxygens (including phenoxy) is 1. The molecule has 0 bridgehead atoms. The number of hydrogen-bond donors (Lipinski definition) is 0. The van der Waals surface area contributed by atoms with E-state index in [2.05, 4.69) is 9.97 Å². The molecule has 0 unspecified atom stereocenters. The molecule has 120 valence electrons. The van der Waals surface area contributed by atoms with E-state index in [-0.39, 0.29) is 12.0 Å². The summed E-state index contributed by atoms with van der Waals surface area (Å²) >= 11 is 0. The van der Waals surface area contributed by atoms with Crippen molar-refractivity contribution >= 4 is 6.09 Å². The summed E-state index contributed by atoms with van der Waals surface area (Å²) in [5.41, 5.74) is 2.41. The van der Waals surface area contributed by atoms with Crippen LogP contribution in [0.3, 0.4) is 0 Å². The Kier molecular flexibility index (Phi) is 4.03. The number of aromatic nitrogens is 2. The number of rotatable bonds is 2. The summed E-state index contributed by atoms with van der Waals surface area (Å²) in [5.74, 6) is 0.200. The van der Waals surface area contributed by atoms with E-state index in [1.165, 1.54) is 0 Å². The van der Waals surface area contributed by atoms with E-state index in [0.29, 0.717) is 13.1 Å². The monoisotopic (exact) mass is 311 g/mol. The first kappa shape index (κ1) is 15.5. The highest BCUT2D eigenvalue weighted by atomic mass is 16.6. The van der Waals surface area contributed by atoms with Crippen LogP contribution < -0.4 is 0 Å². The van der Waals surface area contributed by atoms with Crippen molar-refractivity contribution in [3.63, 3.8) is 0 Å². The van der Waals surface area contributed by atoms with Crippen molar-refractivity contribution in [1.82, 2.24) is 14.9 Å². The number of carbonyl (C=O) groups excluding carboxylic acids is 1. The van der Waals surface area contributed by atoms with Gasteiger partial charge in [0.2, 0.25) is 0 Å². The maximum atomic E-state index is 12.0. The third-order valence-corrected chi connectivity index (χ3v) is 3.69. The number of hydrogen-bond acceptors (Lipinski definition) is 4. The third-order valence-electron chi connectivity index (χ3n) is 3.69.